The van der Waals surface area contributed by atoms with Gasteiger partial charge in [-0.3, -0.25) is 0 Å². The van der Waals surface area contributed by atoms with Crippen LogP contribution in [0.4, 0.5) is 0 Å². The number of carbonyl (C=O) groups excluding carboxylic acids is 1. The van der Waals surface area contributed by atoms with Gasteiger partial charge in [0.2, 0.25) is 0 Å². The highest BCUT2D eigenvalue weighted by Crippen LogP contribution is 2.24. The number of aldehydes is 1. The predicted molar refractivity (Wildman–Crippen MR) is 159 cm³/mol. The van der Waals surface area contributed by atoms with E-state index in [0.29, 0.717) is 23.9 Å². The van der Waals surface area contributed by atoms with E-state index in [1.165, 1.54) is 16.8 Å². The molecule has 0 amide bonds. The van der Waals surface area contributed by atoms with Crippen molar-refractivity contribution in [1.29, 1.82) is 0 Å². The Balaban J connectivity index is 0.000000244. The summed E-state index contributed by atoms with van der Waals surface area (Å²) in [5.41, 5.74) is 2.54. The summed E-state index contributed by atoms with van der Waals surface area (Å²) in [6.07, 6.45) is 10.3. The SMILES string of the molecule is C/C=C(\C=C/CCC=O)N(N)C/C=N\N.CN1CCN(CCc2ccc3c(=O)oc4ccccc4c3c2)CC1. The number of hydrogen-bond donors (Lipinski definition) is 2. The molecule has 1 saturated heterocycles. The minimum Gasteiger partial charge on any atom is -0.422 e. The van der Waals surface area contributed by atoms with Crippen LogP contribution >= 0.6 is 0 Å². The Kier molecular flexibility index (Phi) is 11.9. The predicted octanol–water partition coefficient (Wildman–Crippen LogP) is 3.28. The van der Waals surface area contributed by atoms with Gasteiger partial charge in [-0.15, -0.1) is 0 Å². The minimum atomic E-state index is -0.255. The summed E-state index contributed by atoms with van der Waals surface area (Å²) in [7, 11) is 2.18. The number of likely N-dealkylation sites (N-methyl/N-ethyl adjacent to an activating group) is 1. The number of nitrogens with zero attached hydrogens (tertiary/aromatic N) is 4. The number of benzene rings is 2. The molecule has 0 spiro atoms. The lowest BCUT2D eigenvalue weighted by Gasteiger charge is -2.32. The molecule has 1 aliphatic heterocycles. The van der Waals surface area contributed by atoms with Crippen molar-refractivity contribution in [2.24, 2.45) is 16.8 Å². The van der Waals surface area contributed by atoms with Crippen molar-refractivity contribution < 1.29 is 9.21 Å². The number of rotatable bonds is 10. The summed E-state index contributed by atoms with van der Waals surface area (Å²) in [5.74, 6) is 10.7. The molecule has 39 heavy (non-hydrogen) atoms. The monoisotopic (exact) mass is 532 g/mol. The van der Waals surface area contributed by atoms with Crippen molar-refractivity contribution in [2.75, 3.05) is 46.3 Å². The molecular formula is C30H40N6O3. The Bertz CT molecular complexity index is 1360. The number of para-hydroxylation sites is 1. The number of hydrogen-bond acceptors (Lipinski definition) is 9. The van der Waals surface area contributed by atoms with Crippen LogP contribution in [0, 0.1) is 0 Å². The lowest BCUT2D eigenvalue weighted by molar-refractivity contribution is -0.107. The Morgan fingerprint density at radius 3 is 2.56 bits per heavy atom. The van der Waals surface area contributed by atoms with Crippen molar-refractivity contribution >= 4 is 34.2 Å². The molecule has 2 aromatic carbocycles. The average Bonchev–Trinajstić information content (AvgIpc) is 2.96. The number of hydrazine groups is 1. The smallest absolute Gasteiger partial charge is 0.344 e. The zero-order valence-electron chi connectivity index (χ0n) is 23.0. The second-order valence-electron chi connectivity index (χ2n) is 9.50. The maximum Gasteiger partial charge on any atom is 0.344 e. The first-order valence-corrected chi connectivity index (χ1v) is 13.3. The summed E-state index contributed by atoms with van der Waals surface area (Å²) in [6, 6.07) is 13.9. The van der Waals surface area contributed by atoms with Gasteiger partial charge < -0.3 is 29.9 Å². The van der Waals surface area contributed by atoms with Crippen LogP contribution in [0.1, 0.15) is 25.3 Å². The van der Waals surface area contributed by atoms with E-state index in [1.807, 2.05) is 55.5 Å². The molecule has 208 valence electrons. The number of nitrogens with two attached hydrogens (primary N) is 2. The largest absolute Gasteiger partial charge is 0.422 e. The van der Waals surface area contributed by atoms with E-state index in [0.717, 1.165) is 68.3 Å². The normalized spacial score (nSPS) is 15.2. The van der Waals surface area contributed by atoms with Crippen LogP contribution < -0.4 is 17.3 Å². The molecule has 4 N–H and O–H groups in total. The molecule has 1 aromatic heterocycles. The first kappa shape index (κ1) is 29.8. The Hall–Kier alpha value is -3.79. The molecule has 9 heteroatoms. The average molecular weight is 533 g/mol. The van der Waals surface area contributed by atoms with Crippen LogP contribution in [0.15, 0.2) is 80.7 Å². The van der Waals surface area contributed by atoms with Crippen molar-refractivity contribution in [1.82, 2.24) is 14.8 Å². The standard InChI is InChI=1S/C20H22N2O2.C10H18N4O/c1-21-10-12-22(13-11-21)9-8-15-6-7-17-18(14-15)16-4-2-3-5-19(16)24-20(17)23;1-2-10(6-4-3-5-9-15)14(12)8-7-13-11/h2-7,14H,8-13H2,1H3;2,4,6-7,9H,3,5,8,11-12H2,1H3/b;6-4-,10-2+,13-7-. The first-order valence-electron chi connectivity index (χ1n) is 13.3. The van der Waals surface area contributed by atoms with Crippen molar-refractivity contribution in [3.8, 4) is 0 Å². The lowest BCUT2D eigenvalue weighted by atomic mass is 10.0. The number of hydrazone groups is 1. The van der Waals surface area contributed by atoms with Crippen LogP contribution in [0.5, 0.6) is 0 Å². The van der Waals surface area contributed by atoms with E-state index >= 15 is 0 Å². The summed E-state index contributed by atoms with van der Waals surface area (Å²) in [4.78, 5) is 27.1. The van der Waals surface area contributed by atoms with Crippen LogP contribution in [-0.2, 0) is 11.2 Å². The Morgan fingerprint density at radius 2 is 1.85 bits per heavy atom. The molecule has 0 unspecified atom stereocenters. The maximum absolute atomic E-state index is 12.2. The fourth-order valence-electron chi connectivity index (χ4n) is 4.41. The number of carbonyl (C=O) groups is 1. The van der Waals surface area contributed by atoms with E-state index in [-0.39, 0.29) is 5.63 Å². The fourth-order valence-corrected chi connectivity index (χ4v) is 4.41. The highest BCUT2D eigenvalue weighted by molar-refractivity contribution is 6.04. The van der Waals surface area contributed by atoms with E-state index in [4.69, 9.17) is 16.1 Å². The highest BCUT2D eigenvalue weighted by atomic mass is 16.4. The van der Waals surface area contributed by atoms with Gasteiger partial charge in [-0.05, 0) is 50.6 Å². The lowest BCUT2D eigenvalue weighted by Crippen LogP contribution is -2.45. The zero-order valence-corrected chi connectivity index (χ0v) is 23.0. The third kappa shape index (κ3) is 8.88. The number of allylic oxidation sites excluding steroid dienone is 3. The molecule has 0 atom stereocenters. The second-order valence-corrected chi connectivity index (χ2v) is 9.50. The van der Waals surface area contributed by atoms with Gasteiger partial charge in [-0.1, -0.05) is 42.5 Å². The maximum atomic E-state index is 12.2. The summed E-state index contributed by atoms with van der Waals surface area (Å²) in [5, 5.41) is 7.55. The van der Waals surface area contributed by atoms with Gasteiger partial charge in [0, 0.05) is 61.8 Å². The van der Waals surface area contributed by atoms with Crippen molar-refractivity contribution in [3.63, 3.8) is 0 Å². The summed E-state index contributed by atoms with van der Waals surface area (Å²) >= 11 is 0. The Labute approximate surface area is 230 Å². The quantitative estimate of drug-likeness (QED) is 0.0596. The van der Waals surface area contributed by atoms with Gasteiger partial charge in [-0.25, -0.2) is 10.6 Å². The zero-order chi connectivity index (χ0) is 28.0. The van der Waals surface area contributed by atoms with E-state index < -0.39 is 0 Å². The number of unbranched alkanes of at least 4 members (excludes halogenated alkanes) is 1. The third-order valence-electron chi connectivity index (χ3n) is 6.75. The highest BCUT2D eigenvalue weighted by Gasteiger charge is 2.14. The van der Waals surface area contributed by atoms with E-state index in [1.54, 1.807) is 0 Å². The minimum absolute atomic E-state index is 0.255. The molecule has 0 saturated carbocycles. The van der Waals surface area contributed by atoms with Crippen molar-refractivity contribution in [3.05, 3.63) is 82.4 Å². The molecule has 0 bridgehead atoms. The summed E-state index contributed by atoms with van der Waals surface area (Å²) in [6.45, 7) is 7.96. The fraction of sp³-hybridized carbons (Fsp3) is 0.367. The van der Waals surface area contributed by atoms with Gasteiger partial charge in [-0.2, -0.15) is 5.10 Å². The molecule has 1 aliphatic rings. The molecule has 4 rings (SSSR count). The van der Waals surface area contributed by atoms with Gasteiger partial charge in [0.25, 0.3) is 0 Å². The molecule has 1 fully saturated rings. The molecule has 9 nitrogen and oxygen atoms in total. The third-order valence-corrected chi connectivity index (χ3v) is 6.75. The van der Waals surface area contributed by atoms with E-state index in [2.05, 4.69) is 34.1 Å². The van der Waals surface area contributed by atoms with Gasteiger partial charge >= 0.3 is 5.63 Å². The van der Waals surface area contributed by atoms with Crippen molar-refractivity contribution in [2.45, 2.75) is 26.2 Å². The number of fused-ring (bicyclic) bond motifs is 3. The van der Waals surface area contributed by atoms with Crippen LogP contribution in [0.2, 0.25) is 0 Å². The van der Waals surface area contributed by atoms with Gasteiger partial charge in [0.15, 0.2) is 0 Å². The van der Waals surface area contributed by atoms with Gasteiger partial charge in [0.05, 0.1) is 11.9 Å². The summed E-state index contributed by atoms with van der Waals surface area (Å²) < 4.78 is 5.41. The first-order chi connectivity index (χ1) is 19.0. The molecule has 2 heterocycles. The van der Waals surface area contributed by atoms with Crippen LogP contribution in [-0.4, -0.2) is 73.6 Å². The molecule has 0 aliphatic carbocycles. The van der Waals surface area contributed by atoms with Crippen LogP contribution in [0.3, 0.4) is 0 Å². The van der Waals surface area contributed by atoms with Gasteiger partial charge in [0.1, 0.15) is 11.9 Å². The molecular weight excluding hydrogens is 492 g/mol. The topological polar surface area (TPSA) is 121 Å². The molecule has 3 aromatic rings. The second kappa shape index (κ2) is 15.6. The van der Waals surface area contributed by atoms with E-state index in [9.17, 15) is 9.59 Å². The number of piperazine rings is 1. The van der Waals surface area contributed by atoms with Crippen LogP contribution in [0.25, 0.3) is 21.7 Å². The molecule has 0 radical (unpaired) electrons. The Morgan fingerprint density at radius 1 is 1.08 bits per heavy atom.